The van der Waals surface area contributed by atoms with Crippen LogP contribution in [0.3, 0.4) is 0 Å². The topological polar surface area (TPSA) is 107 Å². The van der Waals surface area contributed by atoms with E-state index >= 15 is 0 Å². The number of nitrogens with one attached hydrogen (secondary N) is 1. The predicted octanol–water partition coefficient (Wildman–Crippen LogP) is 4.34. The lowest BCUT2D eigenvalue weighted by Gasteiger charge is -2.13. The van der Waals surface area contributed by atoms with Crippen molar-refractivity contribution >= 4 is 39.6 Å². The highest BCUT2D eigenvalue weighted by Crippen LogP contribution is 2.34. The summed E-state index contributed by atoms with van der Waals surface area (Å²) in [6.07, 6.45) is 1.42. The number of amides is 1. The fourth-order valence-corrected chi connectivity index (χ4v) is 3.04. The van der Waals surface area contributed by atoms with Crippen molar-refractivity contribution in [3.05, 3.63) is 52.0 Å². The molecule has 0 radical (unpaired) electrons. The van der Waals surface area contributed by atoms with Gasteiger partial charge in [-0.1, -0.05) is 22.0 Å². The van der Waals surface area contributed by atoms with E-state index in [0.717, 1.165) is 0 Å². The van der Waals surface area contributed by atoms with Crippen LogP contribution >= 0.6 is 15.9 Å². The standard InChI is InChI=1S/C23H23BrN2O6/c1-4-30-18-8-6-7-17(11-18)26-23(28)16(13-25)9-15-10-20(29-3)21(12-19(15)24)32-14-22(27)31-5-2/h6-12H,4-5,14H2,1-3H3,(H,26,28)/b16-9-. The summed E-state index contributed by atoms with van der Waals surface area (Å²) in [5.41, 5.74) is 0.899. The molecule has 0 aliphatic heterocycles. The molecule has 0 saturated carbocycles. The zero-order chi connectivity index (χ0) is 23.5. The van der Waals surface area contributed by atoms with E-state index < -0.39 is 11.9 Å². The van der Waals surface area contributed by atoms with Gasteiger partial charge in [0.2, 0.25) is 0 Å². The van der Waals surface area contributed by atoms with E-state index in [1.165, 1.54) is 13.2 Å². The van der Waals surface area contributed by atoms with Gasteiger partial charge in [0.05, 0.1) is 20.3 Å². The number of benzene rings is 2. The Labute approximate surface area is 194 Å². The third-order valence-corrected chi connectivity index (χ3v) is 4.69. The second-order valence-electron chi connectivity index (χ2n) is 6.20. The van der Waals surface area contributed by atoms with Crippen molar-refractivity contribution in [2.45, 2.75) is 13.8 Å². The van der Waals surface area contributed by atoms with E-state index in [4.69, 9.17) is 18.9 Å². The first kappa shape index (κ1) is 24.8. The molecule has 0 aromatic heterocycles. The van der Waals surface area contributed by atoms with Gasteiger partial charge >= 0.3 is 5.97 Å². The Morgan fingerprint density at radius 3 is 2.56 bits per heavy atom. The number of nitriles is 1. The Morgan fingerprint density at radius 2 is 1.91 bits per heavy atom. The molecule has 0 unspecified atom stereocenters. The Balaban J connectivity index is 2.24. The maximum absolute atomic E-state index is 12.6. The van der Waals surface area contributed by atoms with Crippen molar-refractivity contribution in [1.82, 2.24) is 0 Å². The number of anilines is 1. The first-order valence-corrected chi connectivity index (χ1v) is 10.5. The molecule has 1 N–H and O–H groups in total. The van der Waals surface area contributed by atoms with Crippen molar-refractivity contribution in [1.29, 1.82) is 5.26 Å². The Hall–Kier alpha value is -3.51. The first-order valence-electron chi connectivity index (χ1n) is 9.73. The first-order chi connectivity index (χ1) is 15.4. The van der Waals surface area contributed by atoms with Gasteiger partial charge in [-0.25, -0.2) is 4.79 Å². The summed E-state index contributed by atoms with van der Waals surface area (Å²) in [7, 11) is 1.44. The van der Waals surface area contributed by atoms with Crippen LogP contribution in [0.4, 0.5) is 5.69 Å². The van der Waals surface area contributed by atoms with Crippen LogP contribution in [-0.4, -0.2) is 38.8 Å². The molecule has 0 fully saturated rings. The molecular weight excluding hydrogens is 480 g/mol. The molecule has 2 aromatic carbocycles. The monoisotopic (exact) mass is 502 g/mol. The fourth-order valence-electron chi connectivity index (χ4n) is 2.61. The zero-order valence-electron chi connectivity index (χ0n) is 17.9. The van der Waals surface area contributed by atoms with Crippen molar-refractivity contribution in [2.24, 2.45) is 0 Å². The van der Waals surface area contributed by atoms with Gasteiger partial charge in [-0.2, -0.15) is 5.26 Å². The van der Waals surface area contributed by atoms with Crippen LogP contribution in [-0.2, 0) is 14.3 Å². The second-order valence-corrected chi connectivity index (χ2v) is 7.06. The van der Waals surface area contributed by atoms with Crippen LogP contribution in [0, 0.1) is 11.3 Å². The number of halogens is 1. The SMILES string of the molecule is CCOC(=O)COc1cc(Br)c(/C=C(/C#N)C(=O)Nc2cccc(OCC)c2)cc1OC. The fraction of sp³-hybridized carbons (Fsp3) is 0.261. The molecule has 8 nitrogen and oxygen atoms in total. The van der Waals surface area contributed by atoms with E-state index in [-0.39, 0.29) is 18.8 Å². The lowest BCUT2D eigenvalue weighted by atomic mass is 10.1. The highest BCUT2D eigenvalue weighted by molar-refractivity contribution is 9.10. The van der Waals surface area contributed by atoms with Gasteiger partial charge in [0, 0.05) is 16.2 Å². The molecule has 2 aromatic rings. The van der Waals surface area contributed by atoms with Crippen LogP contribution in [0.1, 0.15) is 19.4 Å². The average molecular weight is 503 g/mol. The summed E-state index contributed by atoms with van der Waals surface area (Å²) in [4.78, 5) is 24.2. The molecule has 1 amide bonds. The Bertz CT molecular complexity index is 1050. The second kappa shape index (κ2) is 12.4. The minimum absolute atomic E-state index is 0.116. The third kappa shape index (κ3) is 7.03. The van der Waals surface area contributed by atoms with Crippen molar-refractivity contribution in [3.63, 3.8) is 0 Å². The molecule has 0 aliphatic carbocycles. The number of esters is 1. The van der Waals surface area contributed by atoms with Gasteiger partial charge < -0.3 is 24.3 Å². The summed E-state index contributed by atoms with van der Waals surface area (Å²) >= 11 is 3.39. The maximum atomic E-state index is 12.6. The maximum Gasteiger partial charge on any atom is 0.344 e. The zero-order valence-corrected chi connectivity index (χ0v) is 19.5. The lowest BCUT2D eigenvalue weighted by Crippen LogP contribution is -2.15. The molecule has 0 spiro atoms. The lowest BCUT2D eigenvalue weighted by molar-refractivity contribution is -0.145. The summed E-state index contributed by atoms with van der Waals surface area (Å²) in [6, 6.07) is 12.0. The molecule has 0 atom stereocenters. The van der Waals surface area contributed by atoms with Gasteiger partial charge in [-0.05, 0) is 49.8 Å². The number of nitrogens with zero attached hydrogens (tertiary/aromatic N) is 1. The smallest absolute Gasteiger partial charge is 0.344 e. The molecule has 0 aliphatic rings. The van der Waals surface area contributed by atoms with Crippen LogP contribution in [0.25, 0.3) is 6.08 Å². The Morgan fingerprint density at radius 1 is 1.12 bits per heavy atom. The molecule has 0 bridgehead atoms. The number of rotatable bonds is 10. The van der Waals surface area contributed by atoms with Crippen molar-refractivity contribution < 1.29 is 28.5 Å². The van der Waals surface area contributed by atoms with Crippen LogP contribution in [0.5, 0.6) is 17.2 Å². The Kier molecular flexibility index (Phi) is 9.57. The van der Waals surface area contributed by atoms with E-state index in [1.54, 1.807) is 43.3 Å². The molecule has 9 heteroatoms. The minimum atomic E-state index is -0.574. The average Bonchev–Trinajstić information content (AvgIpc) is 2.77. The van der Waals surface area contributed by atoms with Gasteiger partial charge in [-0.15, -0.1) is 0 Å². The van der Waals surface area contributed by atoms with Crippen molar-refractivity contribution in [3.8, 4) is 23.3 Å². The number of carbonyl (C=O) groups excluding carboxylic acids is 2. The predicted molar refractivity (Wildman–Crippen MR) is 123 cm³/mol. The van der Waals surface area contributed by atoms with Crippen LogP contribution < -0.4 is 19.5 Å². The molecule has 168 valence electrons. The van der Waals surface area contributed by atoms with E-state index in [2.05, 4.69) is 21.2 Å². The normalized spacial score (nSPS) is 10.7. The number of hydrogen-bond donors (Lipinski definition) is 1. The molecule has 0 saturated heterocycles. The number of carbonyl (C=O) groups is 2. The minimum Gasteiger partial charge on any atom is -0.494 e. The molecule has 32 heavy (non-hydrogen) atoms. The summed E-state index contributed by atoms with van der Waals surface area (Å²) in [5, 5.41) is 12.2. The highest BCUT2D eigenvalue weighted by atomic mass is 79.9. The van der Waals surface area contributed by atoms with E-state index in [9.17, 15) is 14.9 Å². The molecule has 0 heterocycles. The van der Waals surface area contributed by atoms with Crippen molar-refractivity contribution in [2.75, 3.05) is 32.2 Å². The van der Waals surface area contributed by atoms with Gasteiger partial charge in [0.25, 0.3) is 5.91 Å². The van der Waals surface area contributed by atoms with Crippen LogP contribution in [0.2, 0.25) is 0 Å². The van der Waals surface area contributed by atoms with E-state index in [0.29, 0.717) is 39.6 Å². The van der Waals surface area contributed by atoms with E-state index in [1.807, 2.05) is 13.0 Å². The highest BCUT2D eigenvalue weighted by Gasteiger charge is 2.15. The summed E-state index contributed by atoms with van der Waals surface area (Å²) in [6.45, 7) is 4.03. The summed E-state index contributed by atoms with van der Waals surface area (Å²) in [5.74, 6) is 0.158. The third-order valence-electron chi connectivity index (χ3n) is 4.00. The molecule has 2 rings (SSSR count). The largest absolute Gasteiger partial charge is 0.494 e. The number of ether oxygens (including phenoxy) is 4. The van der Waals surface area contributed by atoms with Gasteiger partial charge in [-0.3, -0.25) is 4.79 Å². The molecular formula is C23H23BrN2O6. The van der Waals surface area contributed by atoms with Gasteiger partial charge in [0.1, 0.15) is 17.4 Å². The quantitative estimate of drug-likeness (QED) is 0.292. The van der Waals surface area contributed by atoms with Crippen LogP contribution in [0.15, 0.2) is 46.4 Å². The summed E-state index contributed by atoms with van der Waals surface area (Å²) < 4.78 is 21.6. The number of hydrogen-bond acceptors (Lipinski definition) is 7. The van der Waals surface area contributed by atoms with Gasteiger partial charge in [0.15, 0.2) is 18.1 Å². The number of methoxy groups -OCH3 is 1.